The molecule has 0 unspecified atom stereocenters. The molecule has 1 heterocycles. The second-order valence-electron chi connectivity index (χ2n) is 4.93. The number of anilines is 1. The minimum absolute atomic E-state index is 0.000926. The smallest absolute Gasteiger partial charge is 0.167 e. The van der Waals surface area contributed by atoms with Crippen LogP contribution in [-0.4, -0.2) is 12.3 Å². The number of hydrogen-bond acceptors (Lipinski definition) is 2. The Labute approximate surface area is 125 Å². The molecule has 2 aromatic rings. The molecular weight excluding hydrogens is 321 g/mol. The van der Waals surface area contributed by atoms with Gasteiger partial charge in [0.15, 0.2) is 5.78 Å². The number of carbonyl (C=O) groups is 1. The van der Waals surface area contributed by atoms with E-state index in [1.165, 1.54) is 17.7 Å². The van der Waals surface area contributed by atoms with Gasteiger partial charge >= 0.3 is 0 Å². The maximum absolute atomic E-state index is 13.3. The maximum Gasteiger partial charge on any atom is 0.167 e. The van der Waals surface area contributed by atoms with Crippen molar-refractivity contribution in [1.82, 2.24) is 0 Å². The van der Waals surface area contributed by atoms with Gasteiger partial charge in [0.25, 0.3) is 0 Å². The van der Waals surface area contributed by atoms with Crippen molar-refractivity contribution in [2.75, 3.05) is 11.9 Å². The second kappa shape index (κ2) is 5.37. The molecule has 0 amide bonds. The number of ketones is 1. The highest BCUT2D eigenvalue weighted by Gasteiger charge is 2.14. The van der Waals surface area contributed by atoms with E-state index in [4.69, 9.17) is 0 Å². The zero-order chi connectivity index (χ0) is 14.1. The van der Waals surface area contributed by atoms with Crippen LogP contribution in [0.5, 0.6) is 0 Å². The first-order chi connectivity index (χ1) is 9.61. The lowest BCUT2D eigenvalue weighted by atomic mass is 10.0. The molecule has 0 aliphatic carbocycles. The van der Waals surface area contributed by atoms with Gasteiger partial charge in [-0.25, -0.2) is 4.39 Å². The van der Waals surface area contributed by atoms with Gasteiger partial charge in [-0.3, -0.25) is 4.79 Å². The number of benzene rings is 2. The Kier molecular flexibility index (Phi) is 3.57. The molecule has 1 aliphatic rings. The Morgan fingerprint density at radius 3 is 2.90 bits per heavy atom. The van der Waals surface area contributed by atoms with Crippen molar-refractivity contribution >= 4 is 27.4 Å². The summed E-state index contributed by atoms with van der Waals surface area (Å²) in [5.41, 5.74) is 3.63. The number of Topliss-reactive ketones (excluding diaryl/α,β-unsaturated/α-hetero) is 1. The Morgan fingerprint density at radius 2 is 2.10 bits per heavy atom. The number of hydrogen-bond donors (Lipinski definition) is 1. The molecule has 0 saturated heterocycles. The lowest BCUT2D eigenvalue weighted by molar-refractivity contribution is 0.0993. The summed E-state index contributed by atoms with van der Waals surface area (Å²) in [6.07, 6.45) is 1.20. The lowest BCUT2D eigenvalue weighted by Crippen LogP contribution is -2.04. The molecule has 102 valence electrons. The molecule has 1 N–H and O–H groups in total. The minimum Gasteiger partial charge on any atom is -0.384 e. The average molecular weight is 334 g/mol. The SMILES string of the molecule is O=C(Cc1cc(F)cc(Br)c1)c1ccc2c(c1)NCC2. The van der Waals surface area contributed by atoms with E-state index in [9.17, 15) is 9.18 Å². The molecule has 0 atom stereocenters. The van der Waals surface area contributed by atoms with Gasteiger partial charge in [-0.15, -0.1) is 0 Å². The summed E-state index contributed by atoms with van der Waals surface area (Å²) in [5.74, 6) is -0.336. The molecule has 0 fully saturated rings. The van der Waals surface area contributed by atoms with Crippen LogP contribution in [0.3, 0.4) is 0 Å². The van der Waals surface area contributed by atoms with Crippen molar-refractivity contribution in [2.45, 2.75) is 12.8 Å². The van der Waals surface area contributed by atoms with E-state index in [0.717, 1.165) is 18.7 Å². The van der Waals surface area contributed by atoms with Crippen molar-refractivity contribution in [2.24, 2.45) is 0 Å². The van der Waals surface area contributed by atoms with E-state index in [2.05, 4.69) is 21.2 Å². The van der Waals surface area contributed by atoms with Crippen molar-refractivity contribution in [3.63, 3.8) is 0 Å². The third-order valence-corrected chi connectivity index (χ3v) is 3.89. The number of halogens is 2. The monoisotopic (exact) mass is 333 g/mol. The maximum atomic E-state index is 13.3. The fourth-order valence-corrected chi connectivity index (χ4v) is 2.98. The number of fused-ring (bicyclic) bond motifs is 1. The summed E-state index contributed by atoms with van der Waals surface area (Å²) in [6, 6.07) is 10.3. The fourth-order valence-electron chi connectivity index (χ4n) is 2.46. The van der Waals surface area contributed by atoms with Crippen LogP contribution in [0.4, 0.5) is 10.1 Å². The van der Waals surface area contributed by atoms with E-state index in [1.807, 2.05) is 18.2 Å². The van der Waals surface area contributed by atoms with Crippen LogP contribution in [0.2, 0.25) is 0 Å². The van der Waals surface area contributed by atoms with Gasteiger partial charge in [0.1, 0.15) is 5.82 Å². The number of rotatable bonds is 3. The molecule has 4 heteroatoms. The highest BCUT2D eigenvalue weighted by atomic mass is 79.9. The van der Waals surface area contributed by atoms with Crippen molar-refractivity contribution in [3.05, 3.63) is 63.4 Å². The van der Waals surface area contributed by atoms with Crippen LogP contribution in [0.15, 0.2) is 40.9 Å². The molecule has 20 heavy (non-hydrogen) atoms. The van der Waals surface area contributed by atoms with E-state index < -0.39 is 0 Å². The zero-order valence-electron chi connectivity index (χ0n) is 10.7. The van der Waals surface area contributed by atoms with E-state index >= 15 is 0 Å². The van der Waals surface area contributed by atoms with Gasteiger partial charge < -0.3 is 5.32 Å². The van der Waals surface area contributed by atoms with Crippen molar-refractivity contribution in [1.29, 1.82) is 0 Å². The third-order valence-electron chi connectivity index (χ3n) is 3.43. The standard InChI is InChI=1S/C16H13BrFNO/c17-13-5-10(6-14(18)9-13)7-16(20)12-2-1-11-3-4-19-15(11)8-12/h1-2,5-6,8-9,19H,3-4,7H2. The Bertz CT molecular complexity index is 664. The van der Waals surface area contributed by atoms with Gasteiger partial charge in [-0.2, -0.15) is 0 Å². The largest absolute Gasteiger partial charge is 0.384 e. The molecule has 0 radical (unpaired) electrons. The lowest BCUT2D eigenvalue weighted by Gasteiger charge is -2.05. The van der Waals surface area contributed by atoms with Crippen LogP contribution in [0.1, 0.15) is 21.5 Å². The Hall–Kier alpha value is -1.68. The third kappa shape index (κ3) is 2.75. The number of nitrogens with one attached hydrogen (secondary N) is 1. The molecule has 0 spiro atoms. The minimum atomic E-state index is -0.335. The highest BCUT2D eigenvalue weighted by molar-refractivity contribution is 9.10. The van der Waals surface area contributed by atoms with Crippen molar-refractivity contribution < 1.29 is 9.18 Å². The predicted molar refractivity (Wildman–Crippen MR) is 80.8 cm³/mol. The molecule has 3 rings (SSSR count). The first-order valence-electron chi connectivity index (χ1n) is 6.47. The van der Waals surface area contributed by atoms with Crippen LogP contribution >= 0.6 is 15.9 Å². The first-order valence-corrected chi connectivity index (χ1v) is 7.26. The van der Waals surface area contributed by atoms with Crippen molar-refractivity contribution in [3.8, 4) is 0 Å². The average Bonchev–Trinajstić information content (AvgIpc) is 2.84. The summed E-state index contributed by atoms with van der Waals surface area (Å²) < 4.78 is 14.0. The zero-order valence-corrected chi connectivity index (χ0v) is 12.3. The van der Waals surface area contributed by atoms with Gasteiger partial charge in [0.2, 0.25) is 0 Å². The van der Waals surface area contributed by atoms with E-state index in [0.29, 0.717) is 15.6 Å². The molecular formula is C16H13BrFNO. The highest BCUT2D eigenvalue weighted by Crippen LogP contribution is 2.24. The van der Waals surface area contributed by atoms with Gasteiger partial charge in [0.05, 0.1) is 0 Å². The van der Waals surface area contributed by atoms with Crippen LogP contribution in [0.25, 0.3) is 0 Å². The summed E-state index contributed by atoms with van der Waals surface area (Å²) in [7, 11) is 0. The van der Waals surface area contributed by atoms with E-state index in [1.54, 1.807) is 6.07 Å². The summed E-state index contributed by atoms with van der Waals surface area (Å²) in [5, 5.41) is 3.26. The van der Waals surface area contributed by atoms with Crippen LogP contribution in [-0.2, 0) is 12.8 Å². The molecule has 0 bridgehead atoms. The molecule has 1 aliphatic heterocycles. The quantitative estimate of drug-likeness (QED) is 0.861. The summed E-state index contributed by atoms with van der Waals surface area (Å²) in [6.45, 7) is 0.920. The fraction of sp³-hybridized carbons (Fsp3) is 0.188. The van der Waals surface area contributed by atoms with Gasteiger partial charge in [-0.05, 0) is 41.8 Å². The van der Waals surface area contributed by atoms with Gasteiger partial charge in [0, 0.05) is 28.7 Å². The topological polar surface area (TPSA) is 29.1 Å². The van der Waals surface area contributed by atoms with Crippen LogP contribution < -0.4 is 5.32 Å². The van der Waals surface area contributed by atoms with E-state index in [-0.39, 0.29) is 18.0 Å². The first kappa shape index (κ1) is 13.3. The second-order valence-corrected chi connectivity index (χ2v) is 5.84. The predicted octanol–water partition coefficient (Wildman–Crippen LogP) is 3.98. The Morgan fingerprint density at radius 1 is 1.25 bits per heavy atom. The molecule has 0 aromatic heterocycles. The van der Waals surface area contributed by atoms with Crippen LogP contribution in [0, 0.1) is 5.82 Å². The Balaban J connectivity index is 1.82. The molecule has 2 aromatic carbocycles. The van der Waals surface area contributed by atoms with Gasteiger partial charge in [-0.1, -0.05) is 28.1 Å². The summed E-state index contributed by atoms with van der Waals surface area (Å²) in [4.78, 5) is 12.3. The summed E-state index contributed by atoms with van der Waals surface area (Å²) >= 11 is 3.24. The molecule has 2 nitrogen and oxygen atoms in total. The normalized spacial score (nSPS) is 12.9. The number of carbonyl (C=O) groups excluding carboxylic acids is 1. The molecule has 0 saturated carbocycles.